The molecule has 0 atom stereocenters. The highest BCUT2D eigenvalue weighted by Gasteiger charge is 2.13. The first kappa shape index (κ1) is 21.4. The molecular formula is C21H18ClN3O4S. The van der Waals surface area contributed by atoms with Gasteiger partial charge in [-0.25, -0.2) is 0 Å². The summed E-state index contributed by atoms with van der Waals surface area (Å²) in [6.07, 6.45) is 1.42. The maximum Gasteiger partial charge on any atom is 0.291 e. The van der Waals surface area contributed by atoms with Crippen molar-refractivity contribution >= 4 is 52.1 Å². The van der Waals surface area contributed by atoms with Crippen LogP contribution in [0, 0.1) is 6.92 Å². The molecule has 0 radical (unpaired) electrons. The Labute approximate surface area is 183 Å². The molecule has 0 aliphatic heterocycles. The molecule has 3 aromatic rings. The van der Waals surface area contributed by atoms with Gasteiger partial charge in [0.25, 0.3) is 11.8 Å². The summed E-state index contributed by atoms with van der Waals surface area (Å²) < 4.78 is 10.2. The van der Waals surface area contributed by atoms with Gasteiger partial charge in [0.1, 0.15) is 5.75 Å². The number of hydrogen-bond acceptors (Lipinski definition) is 5. The number of rotatable bonds is 5. The number of anilines is 2. The van der Waals surface area contributed by atoms with E-state index in [0.29, 0.717) is 27.7 Å². The number of furan rings is 1. The Bertz CT molecular complexity index is 1100. The maximum absolute atomic E-state index is 12.4. The molecule has 0 aliphatic rings. The van der Waals surface area contributed by atoms with Gasteiger partial charge < -0.3 is 19.8 Å². The van der Waals surface area contributed by atoms with Crippen LogP contribution in [-0.4, -0.2) is 24.0 Å². The lowest BCUT2D eigenvalue weighted by molar-refractivity contribution is 0.0975. The molecule has 7 nitrogen and oxygen atoms in total. The molecule has 0 spiro atoms. The normalized spacial score (nSPS) is 10.2. The molecule has 154 valence electrons. The molecule has 9 heteroatoms. The highest BCUT2D eigenvalue weighted by molar-refractivity contribution is 7.80. The Hall–Kier alpha value is -3.36. The molecule has 0 fully saturated rings. The van der Waals surface area contributed by atoms with Gasteiger partial charge in [-0.1, -0.05) is 17.7 Å². The summed E-state index contributed by atoms with van der Waals surface area (Å²) >= 11 is 11.3. The van der Waals surface area contributed by atoms with Crippen LogP contribution in [0.5, 0.6) is 5.75 Å². The van der Waals surface area contributed by atoms with Gasteiger partial charge in [-0.3, -0.25) is 14.9 Å². The third kappa shape index (κ3) is 5.16. The lowest BCUT2D eigenvalue weighted by Gasteiger charge is -2.14. The molecule has 1 heterocycles. The van der Waals surface area contributed by atoms with Gasteiger partial charge in [0.05, 0.1) is 18.4 Å². The van der Waals surface area contributed by atoms with E-state index in [0.717, 1.165) is 5.56 Å². The van der Waals surface area contributed by atoms with E-state index in [1.165, 1.54) is 19.4 Å². The van der Waals surface area contributed by atoms with E-state index in [2.05, 4.69) is 16.0 Å². The van der Waals surface area contributed by atoms with Crippen molar-refractivity contribution in [3.8, 4) is 5.75 Å². The molecule has 0 bridgehead atoms. The van der Waals surface area contributed by atoms with E-state index < -0.39 is 5.91 Å². The smallest absolute Gasteiger partial charge is 0.291 e. The van der Waals surface area contributed by atoms with Crippen LogP contribution in [0.3, 0.4) is 0 Å². The number of hydrogen-bond donors (Lipinski definition) is 3. The molecule has 0 saturated carbocycles. The Morgan fingerprint density at radius 1 is 1.07 bits per heavy atom. The highest BCUT2D eigenvalue weighted by Crippen LogP contribution is 2.25. The number of nitrogens with one attached hydrogen (secondary N) is 3. The molecule has 0 saturated heterocycles. The van der Waals surface area contributed by atoms with E-state index in [1.54, 1.807) is 36.4 Å². The number of aryl methyl sites for hydroxylation is 1. The lowest BCUT2D eigenvalue weighted by Crippen LogP contribution is -2.34. The fourth-order valence-corrected chi connectivity index (χ4v) is 3.03. The predicted molar refractivity (Wildman–Crippen MR) is 120 cm³/mol. The van der Waals surface area contributed by atoms with Gasteiger partial charge in [0, 0.05) is 16.9 Å². The topological polar surface area (TPSA) is 92.6 Å². The van der Waals surface area contributed by atoms with Crippen LogP contribution >= 0.6 is 23.8 Å². The minimum Gasteiger partial charge on any atom is -0.495 e. The van der Waals surface area contributed by atoms with Crippen molar-refractivity contribution in [2.75, 3.05) is 17.7 Å². The minimum atomic E-state index is -0.419. The second kappa shape index (κ2) is 9.43. The van der Waals surface area contributed by atoms with Crippen LogP contribution in [0.25, 0.3) is 0 Å². The van der Waals surface area contributed by atoms with Crippen LogP contribution < -0.4 is 20.7 Å². The van der Waals surface area contributed by atoms with Gasteiger partial charge >= 0.3 is 0 Å². The summed E-state index contributed by atoms with van der Waals surface area (Å²) in [5.41, 5.74) is 2.38. The fraction of sp³-hybridized carbons (Fsp3) is 0.0952. The highest BCUT2D eigenvalue weighted by atomic mass is 35.5. The molecule has 0 aliphatic carbocycles. The predicted octanol–water partition coefficient (Wildman–Crippen LogP) is 4.63. The Balaban J connectivity index is 1.66. The second-order valence-electron chi connectivity index (χ2n) is 6.22. The van der Waals surface area contributed by atoms with Crippen molar-refractivity contribution < 1.29 is 18.7 Å². The summed E-state index contributed by atoms with van der Waals surface area (Å²) in [5.74, 6) is -0.122. The summed E-state index contributed by atoms with van der Waals surface area (Å²) in [6.45, 7) is 1.87. The molecular weight excluding hydrogens is 426 g/mol. The number of ether oxygens (including phenoxy) is 1. The zero-order chi connectivity index (χ0) is 21.7. The van der Waals surface area contributed by atoms with Crippen LogP contribution in [0.1, 0.15) is 26.5 Å². The van der Waals surface area contributed by atoms with Gasteiger partial charge in [-0.2, -0.15) is 0 Å². The van der Waals surface area contributed by atoms with E-state index in [-0.39, 0.29) is 16.8 Å². The maximum atomic E-state index is 12.4. The van der Waals surface area contributed by atoms with Crippen molar-refractivity contribution in [3.05, 3.63) is 76.7 Å². The van der Waals surface area contributed by atoms with Crippen molar-refractivity contribution in [2.45, 2.75) is 6.92 Å². The molecule has 30 heavy (non-hydrogen) atoms. The average molecular weight is 444 g/mol. The quantitative estimate of drug-likeness (QED) is 0.498. The third-order valence-electron chi connectivity index (χ3n) is 4.13. The number of methoxy groups -OCH3 is 1. The third-order valence-corrected chi connectivity index (χ3v) is 4.63. The van der Waals surface area contributed by atoms with E-state index in [4.69, 9.17) is 33.0 Å². The Morgan fingerprint density at radius 3 is 2.53 bits per heavy atom. The monoisotopic (exact) mass is 443 g/mol. The van der Waals surface area contributed by atoms with Crippen molar-refractivity contribution in [2.24, 2.45) is 0 Å². The zero-order valence-electron chi connectivity index (χ0n) is 16.1. The van der Waals surface area contributed by atoms with Crippen molar-refractivity contribution in [1.82, 2.24) is 5.32 Å². The fourth-order valence-electron chi connectivity index (χ4n) is 2.57. The zero-order valence-corrected chi connectivity index (χ0v) is 17.7. The standard InChI is InChI=1S/C21H18ClN3O4S/c1-12-5-7-14(23-20(27)18-4-3-9-29-18)11-16(12)24-21(30)25-19(26)13-6-8-17(28-2)15(22)10-13/h3-11H,1-2H3,(H,23,27)(H2,24,25,26,30). The van der Waals surface area contributed by atoms with Crippen molar-refractivity contribution in [1.29, 1.82) is 0 Å². The number of halogens is 1. The van der Waals surface area contributed by atoms with E-state index in [9.17, 15) is 9.59 Å². The first-order chi connectivity index (χ1) is 14.4. The Kier molecular flexibility index (Phi) is 6.71. The lowest BCUT2D eigenvalue weighted by atomic mass is 10.1. The van der Waals surface area contributed by atoms with Crippen LogP contribution in [0.15, 0.2) is 59.2 Å². The van der Waals surface area contributed by atoms with Gasteiger partial charge in [0.15, 0.2) is 10.9 Å². The molecule has 0 unspecified atom stereocenters. The van der Waals surface area contributed by atoms with Crippen LogP contribution in [0.2, 0.25) is 5.02 Å². The second-order valence-corrected chi connectivity index (χ2v) is 7.03. The van der Waals surface area contributed by atoms with E-state index >= 15 is 0 Å². The SMILES string of the molecule is COc1ccc(C(=O)NC(=S)Nc2cc(NC(=O)c3ccco3)ccc2C)cc1Cl. The number of amides is 2. The molecule has 3 N–H and O–H groups in total. The van der Waals surface area contributed by atoms with Crippen LogP contribution in [0.4, 0.5) is 11.4 Å². The first-order valence-electron chi connectivity index (χ1n) is 8.78. The van der Waals surface area contributed by atoms with Crippen LogP contribution in [-0.2, 0) is 0 Å². The van der Waals surface area contributed by atoms with Crippen molar-refractivity contribution in [3.63, 3.8) is 0 Å². The number of benzene rings is 2. The number of carbonyl (C=O) groups is 2. The molecule has 2 aromatic carbocycles. The summed E-state index contributed by atoms with van der Waals surface area (Å²) in [5, 5.41) is 8.72. The molecule has 1 aromatic heterocycles. The largest absolute Gasteiger partial charge is 0.495 e. The molecule has 2 amide bonds. The number of thiocarbonyl (C=S) groups is 1. The summed E-state index contributed by atoms with van der Waals surface area (Å²) in [6, 6.07) is 13.2. The Morgan fingerprint density at radius 2 is 1.87 bits per heavy atom. The molecule has 3 rings (SSSR count). The van der Waals surface area contributed by atoms with E-state index in [1.807, 2.05) is 13.0 Å². The van der Waals surface area contributed by atoms with Gasteiger partial charge in [0.2, 0.25) is 0 Å². The number of carbonyl (C=O) groups excluding carboxylic acids is 2. The summed E-state index contributed by atoms with van der Waals surface area (Å²) in [7, 11) is 1.49. The summed E-state index contributed by atoms with van der Waals surface area (Å²) in [4.78, 5) is 24.6. The van der Waals surface area contributed by atoms with Gasteiger partial charge in [-0.15, -0.1) is 0 Å². The van der Waals surface area contributed by atoms with Gasteiger partial charge in [-0.05, 0) is 67.2 Å². The average Bonchev–Trinajstić information content (AvgIpc) is 3.25. The minimum absolute atomic E-state index is 0.101. The first-order valence-corrected chi connectivity index (χ1v) is 9.57.